The Bertz CT molecular complexity index is 848. The minimum atomic E-state index is -0.970. The zero-order chi connectivity index (χ0) is 19.3. The van der Waals surface area contributed by atoms with Crippen molar-refractivity contribution in [2.45, 2.75) is 32.1 Å². The maximum atomic E-state index is 12.6. The predicted molar refractivity (Wildman–Crippen MR) is 97.3 cm³/mol. The minimum absolute atomic E-state index is 0.0367. The number of nitro benzene ring substituents is 1. The third kappa shape index (κ3) is 4.05. The van der Waals surface area contributed by atoms with Crippen molar-refractivity contribution in [3.05, 3.63) is 69.3 Å². The molecule has 2 aromatic carbocycles. The second-order valence-electron chi connectivity index (χ2n) is 5.98. The standard InChI is InChI=1S/C19H20N2O5/c1-2-3-6-14(19(23)24)13-10-9-12(11-16(13)20)18(22)15-7-4-5-8-17(15)21(25)26/h4-5,7-11,14H,2-3,6,20H2,1H3,(H,23,24). The van der Waals surface area contributed by atoms with Gasteiger partial charge in [-0.15, -0.1) is 0 Å². The second kappa shape index (κ2) is 8.24. The third-order valence-electron chi connectivity index (χ3n) is 4.21. The average molecular weight is 356 g/mol. The zero-order valence-electron chi connectivity index (χ0n) is 14.3. The lowest BCUT2D eigenvalue weighted by Gasteiger charge is -2.15. The van der Waals surface area contributed by atoms with Gasteiger partial charge in [0, 0.05) is 17.3 Å². The smallest absolute Gasteiger partial charge is 0.311 e. The molecule has 1 unspecified atom stereocenters. The Hall–Kier alpha value is -3.22. The second-order valence-corrected chi connectivity index (χ2v) is 5.98. The Morgan fingerprint density at radius 1 is 1.23 bits per heavy atom. The molecule has 0 heterocycles. The van der Waals surface area contributed by atoms with Crippen LogP contribution in [0.25, 0.3) is 0 Å². The largest absolute Gasteiger partial charge is 0.481 e. The molecule has 3 N–H and O–H groups in total. The number of ketones is 1. The molecule has 0 amide bonds. The van der Waals surface area contributed by atoms with E-state index in [4.69, 9.17) is 5.73 Å². The van der Waals surface area contributed by atoms with E-state index < -0.39 is 22.6 Å². The first-order valence-corrected chi connectivity index (χ1v) is 8.27. The van der Waals surface area contributed by atoms with Crippen molar-refractivity contribution in [3.63, 3.8) is 0 Å². The van der Waals surface area contributed by atoms with E-state index in [1.54, 1.807) is 6.07 Å². The Morgan fingerprint density at radius 2 is 1.92 bits per heavy atom. The number of aliphatic carboxylic acids is 1. The van der Waals surface area contributed by atoms with E-state index in [1.807, 2.05) is 6.92 Å². The van der Waals surface area contributed by atoms with Gasteiger partial charge in [-0.2, -0.15) is 0 Å². The first-order valence-electron chi connectivity index (χ1n) is 8.27. The fraction of sp³-hybridized carbons (Fsp3) is 0.263. The Kier molecular flexibility index (Phi) is 6.06. The number of hydrogen-bond acceptors (Lipinski definition) is 5. The number of nitrogens with zero attached hydrogens (tertiary/aromatic N) is 1. The van der Waals surface area contributed by atoms with Gasteiger partial charge in [0.2, 0.25) is 0 Å². The van der Waals surface area contributed by atoms with Crippen LogP contribution >= 0.6 is 0 Å². The summed E-state index contributed by atoms with van der Waals surface area (Å²) in [5.41, 5.74) is 6.50. The quantitative estimate of drug-likeness (QED) is 0.321. The van der Waals surface area contributed by atoms with E-state index in [-0.39, 0.29) is 22.5 Å². The van der Waals surface area contributed by atoms with Gasteiger partial charge in [-0.3, -0.25) is 19.7 Å². The van der Waals surface area contributed by atoms with Crippen molar-refractivity contribution in [3.8, 4) is 0 Å². The molecular formula is C19H20N2O5. The van der Waals surface area contributed by atoms with Crippen molar-refractivity contribution in [2.24, 2.45) is 0 Å². The molecule has 26 heavy (non-hydrogen) atoms. The number of nitrogen functional groups attached to an aromatic ring is 1. The molecule has 0 aromatic heterocycles. The Morgan fingerprint density at radius 3 is 2.50 bits per heavy atom. The van der Waals surface area contributed by atoms with Gasteiger partial charge in [0.1, 0.15) is 5.56 Å². The van der Waals surface area contributed by atoms with Gasteiger partial charge in [-0.1, -0.05) is 44.0 Å². The molecule has 0 aliphatic heterocycles. The van der Waals surface area contributed by atoms with Gasteiger partial charge in [-0.25, -0.2) is 0 Å². The normalized spacial score (nSPS) is 11.7. The van der Waals surface area contributed by atoms with Crippen LogP contribution in [0.15, 0.2) is 42.5 Å². The maximum absolute atomic E-state index is 12.6. The highest BCUT2D eigenvalue weighted by molar-refractivity contribution is 6.12. The summed E-state index contributed by atoms with van der Waals surface area (Å²) in [7, 11) is 0. The van der Waals surface area contributed by atoms with E-state index in [1.165, 1.54) is 36.4 Å². The molecule has 0 radical (unpaired) electrons. The average Bonchev–Trinajstić information content (AvgIpc) is 2.62. The number of rotatable bonds is 8. The van der Waals surface area contributed by atoms with Gasteiger partial charge in [0.05, 0.1) is 10.8 Å². The number of para-hydroxylation sites is 1. The molecule has 1 atom stereocenters. The zero-order valence-corrected chi connectivity index (χ0v) is 14.3. The summed E-state index contributed by atoms with van der Waals surface area (Å²) >= 11 is 0. The first-order chi connectivity index (χ1) is 12.4. The van der Waals surface area contributed by atoms with Crippen LogP contribution in [0.3, 0.4) is 0 Å². The fourth-order valence-corrected chi connectivity index (χ4v) is 2.83. The lowest BCUT2D eigenvalue weighted by molar-refractivity contribution is -0.385. The summed E-state index contributed by atoms with van der Waals surface area (Å²) in [4.78, 5) is 34.6. The summed E-state index contributed by atoms with van der Waals surface area (Å²) in [6.45, 7) is 1.97. The van der Waals surface area contributed by atoms with E-state index >= 15 is 0 Å². The van der Waals surface area contributed by atoms with Gasteiger partial charge in [0.15, 0.2) is 5.78 Å². The lowest BCUT2D eigenvalue weighted by atomic mass is 9.90. The molecule has 0 bridgehead atoms. The summed E-state index contributed by atoms with van der Waals surface area (Å²) in [6.07, 6.45) is 2.05. The maximum Gasteiger partial charge on any atom is 0.311 e. The topological polar surface area (TPSA) is 124 Å². The van der Waals surface area contributed by atoms with Crippen LogP contribution in [0.2, 0.25) is 0 Å². The van der Waals surface area contributed by atoms with Crippen molar-refractivity contribution >= 4 is 23.1 Å². The van der Waals surface area contributed by atoms with Gasteiger partial charge < -0.3 is 10.8 Å². The van der Waals surface area contributed by atoms with E-state index in [0.717, 1.165) is 12.8 Å². The number of carbonyl (C=O) groups excluding carboxylic acids is 1. The first kappa shape index (κ1) is 19.1. The van der Waals surface area contributed by atoms with Gasteiger partial charge >= 0.3 is 5.97 Å². The molecule has 0 aliphatic carbocycles. The molecule has 0 fully saturated rings. The summed E-state index contributed by atoms with van der Waals surface area (Å²) < 4.78 is 0. The molecule has 7 nitrogen and oxygen atoms in total. The number of carboxylic acid groups (broad SMARTS) is 1. The number of carboxylic acids is 1. The van der Waals surface area contributed by atoms with Crippen molar-refractivity contribution in [1.82, 2.24) is 0 Å². The molecule has 7 heteroatoms. The molecule has 0 saturated carbocycles. The van der Waals surface area contributed by atoms with E-state index in [2.05, 4.69) is 0 Å². The highest BCUT2D eigenvalue weighted by Crippen LogP contribution is 2.30. The highest BCUT2D eigenvalue weighted by Gasteiger charge is 2.24. The number of nitro groups is 1. The van der Waals surface area contributed by atoms with Crippen LogP contribution in [-0.2, 0) is 4.79 Å². The number of benzene rings is 2. The minimum Gasteiger partial charge on any atom is -0.481 e. The van der Waals surface area contributed by atoms with Crippen molar-refractivity contribution < 1.29 is 19.6 Å². The Balaban J connectivity index is 2.39. The number of anilines is 1. The molecule has 136 valence electrons. The van der Waals surface area contributed by atoms with Gasteiger partial charge in [-0.05, 0) is 24.1 Å². The molecular weight excluding hydrogens is 336 g/mol. The van der Waals surface area contributed by atoms with Crippen LogP contribution < -0.4 is 5.73 Å². The molecule has 0 saturated heterocycles. The fourth-order valence-electron chi connectivity index (χ4n) is 2.83. The number of unbranched alkanes of at least 4 members (excludes halogenated alkanes) is 1. The summed E-state index contributed by atoms with van der Waals surface area (Å²) in [6, 6.07) is 10.0. The number of nitrogens with two attached hydrogens (primary N) is 1. The molecule has 2 aromatic rings. The van der Waals surface area contributed by atoms with Crippen molar-refractivity contribution in [1.29, 1.82) is 0 Å². The Labute approximate surface area is 150 Å². The van der Waals surface area contributed by atoms with Crippen LogP contribution in [0.5, 0.6) is 0 Å². The van der Waals surface area contributed by atoms with Crippen LogP contribution in [0, 0.1) is 10.1 Å². The highest BCUT2D eigenvalue weighted by atomic mass is 16.6. The van der Waals surface area contributed by atoms with Crippen molar-refractivity contribution in [2.75, 3.05) is 5.73 Å². The summed E-state index contributed by atoms with van der Waals surface area (Å²) in [5, 5.41) is 20.5. The predicted octanol–water partition coefficient (Wildman–Crippen LogP) is 3.77. The third-order valence-corrected chi connectivity index (χ3v) is 4.21. The lowest BCUT2D eigenvalue weighted by Crippen LogP contribution is -2.14. The molecule has 0 spiro atoms. The van der Waals surface area contributed by atoms with E-state index in [9.17, 15) is 24.8 Å². The molecule has 0 aliphatic rings. The van der Waals surface area contributed by atoms with Crippen LogP contribution in [0.4, 0.5) is 11.4 Å². The monoisotopic (exact) mass is 356 g/mol. The van der Waals surface area contributed by atoms with E-state index in [0.29, 0.717) is 12.0 Å². The SMILES string of the molecule is CCCCC(C(=O)O)c1ccc(C(=O)c2ccccc2[N+](=O)[O-])cc1N. The number of carbonyl (C=O) groups is 2. The van der Waals surface area contributed by atoms with Crippen LogP contribution in [0.1, 0.15) is 53.6 Å². The summed E-state index contributed by atoms with van der Waals surface area (Å²) in [5.74, 6) is -2.25. The molecule has 2 rings (SSSR count). The van der Waals surface area contributed by atoms with Gasteiger partial charge in [0.25, 0.3) is 5.69 Å². The number of hydrogen-bond donors (Lipinski definition) is 2. The van der Waals surface area contributed by atoms with Crippen LogP contribution in [-0.4, -0.2) is 21.8 Å².